The second kappa shape index (κ2) is 6.48. The molecule has 2 saturated heterocycles. The fraction of sp³-hybridized carbons (Fsp3) is 0.588. The number of hydrogen-bond acceptors (Lipinski definition) is 3. The van der Waals surface area contributed by atoms with Crippen molar-refractivity contribution in [1.82, 2.24) is 4.90 Å². The van der Waals surface area contributed by atoms with Gasteiger partial charge in [-0.2, -0.15) is 0 Å². The number of anilines is 1. The van der Waals surface area contributed by atoms with Crippen LogP contribution in [-0.4, -0.2) is 50.6 Å². The summed E-state index contributed by atoms with van der Waals surface area (Å²) in [5.74, 6) is 1.77. The average Bonchev–Trinajstić information content (AvgIpc) is 2.52. The maximum atomic E-state index is 5.46. The van der Waals surface area contributed by atoms with E-state index in [1.807, 2.05) is 0 Å². The molecule has 0 aliphatic carbocycles. The number of amidine groups is 1. The fourth-order valence-electron chi connectivity index (χ4n) is 3.20. The van der Waals surface area contributed by atoms with Crippen LogP contribution in [0, 0.1) is 5.92 Å². The van der Waals surface area contributed by atoms with Crippen molar-refractivity contribution in [1.29, 1.82) is 0 Å². The molecule has 2 aliphatic rings. The predicted octanol–water partition coefficient (Wildman–Crippen LogP) is 2.91. The lowest BCUT2D eigenvalue weighted by atomic mass is 9.99. The Labute approximate surface area is 127 Å². The zero-order valence-electron chi connectivity index (χ0n) is 13.1. The predicted molar refractivity (Wildman–Crippen MR) is 87.6 cm³/mol. The molecule has 0 radical (unpaired) electrons. The Hall–Kier alpha value is -1.55. The Bertz CT molecular complexity index is 497. The first-order valence-electron chi connectivity index (χ1n) is 7.97. The maximum Gasteiger partial charge on any atom is 0.107 e. The number of ether oxygens (including phenoxy) is 1. The first kappa shape index (κ1) is 14.4. The van der Waals surface area contributed by atoms with Crippen LogP contribution in [0.15, 0.2) is 29.3 Å². The highest BCUT2D eigenvalue weighted by Crippen LogP contribution is 2.31. The number of nitrogens with zero attached hydrogens (tertiary/aromatic N) is 3. The van der Waals surface area contributed by atoms with Gasteiger partial charge in [-0.15, -0.1) is 0 Å². The fourth-order valence-corrected chi connectivity index (χ4v) is 3.20. The molecule has 114 valence electrons. The Morgan fingerprint density at radius 2 is 1.90 bits per heavy atom. The van der Waals surface area contributed by atoms with Crippen molar-refractivity contribution >= 4 is 17.2 Å². The molecule has 0 amide bonds. The van der Waals surface area contributed by atoms with Crippen molar-refractivity contribution < 1.29 is 4.74 Å². The average molecular weight is 287 g/mol. The van der Waals surface area contributed by atoms with Crippen molar-refractivity contribution in [2.75, 3.05) is 44.8 Å². The summed E-state index contributed by atoms with van der Waals surface area (Å²) in [6, 6.07) is 8.49. The van der Waals surface area contributed by atoms with E-state index in [0.717, 1.165) is 38.5 Å². The third-order valence-corrected chi connectivity index (χ3v) is 4.43. The summed E-state index contributed by atoms with van der Waals surface area (Å²) < 4.78 is 5.46. The molecule has 2 heterocycles. The van der Waals surface area contributed by atoms with Crippen molar-refractivity contribution in [3.63, 3.8) is 0 Å². The van der Waals surface area contributed by atoms with E-state index in [0.29, 0.717) is 5.92 Å². The minimum atomic E-state index is 0.543. The molecule has 2 aliphatic heterocycles. The van der Waals surface area contributed by atoms with E-state index >= 15 is 0 Å². The highest BCUT2D eigenvalue weighted by atomic mass is 16.5. The molecule has 21 heavy (non-hydrogen) atoms. The van der Waals surface area contributed by atoms with Crippen LogP contribution in [0.2, 0.25) is 0 Å². The van der Waals surface area contributed by atoms with Gasteiger partial charge in [0.05, 0.1) is 24.6 Å². The quantitative estimate of drug-likeness (QED) is 0.837. The number of likely N-dealkylation sites (tertiary alicyclic amines) is 1. The van der Waals surface area contributed by atoms with Gasteiger partial charge in [0.2, 0.25) is 0 Å². The van der Waals surface area contributed by atoms with Crippen LogP contribution in [0.4, 0.5) is 11.4 Å². The van der Waals surface area contributed by atoms with Gasteiger partial charge in [0, 0.05) is 32.6 Å². The van der Waals surface area contributed by atoms with Crippen molar-refractivity contribution in [2.24, 2.45) is 10.9 Å². The molecule has 4 heteroatoms. The maximum absolute atomic E-state index is 5.46. The molecular weight excluding hydrogens is 262 g/mol. The van der Waals surface area contributed by atoms with E-state index in [1.54, 1.807) is 0 Å². The number of piperidine rings is 1. The number of hydrogen-bond donors (Lipinski definition) is 0. The molecule has 3 rings (SSSR count). The monoisotopic (exact) mass is 287 g/mol. The normalized spacial score (nSPS) is 25.4. The van der Waals surface area contributed by atoms with Crippen LogP contribution in [0.25, 0.3) is 0 Å². The van der Waals surface area contributed by atoms with Crippen LogP contribution < -0.4 is 4.90 Å². The molecule has 1 aromatic carbocycles. The lowest BCUT2D eigenvalue weighted by Crippen LogP contribution is -2.38. The Kier molecular flexibility index (Phi) is 4.44. The molecular formula is C17H25N3O. The number of aliphatic imine (C=N–C) groups is 1. The molecule has 0 N–H and O–H groups in total. The molecule has 2 fully saturated rings. The van der Waals surface area contributed by atoms with Crippen molar-refractivity contribution in [2.45, 2.75) is 19.8 Å². The van der Waals surface area contributed by atoms with Gasteiger partial charge in [-0.05, 0) is 25.0 Å². The highest BCUT2D eigenvalue weighted by molar-refractivity contribution is 5.89. The summed E-state index contributed by atoms with van der Waals surface area (Å²) in [7, 11) is 2.16. The van der Waals surface area contributed by atoms with E-state index < -0.39 is 0 Å². The van der Waals surface area contributed by atoms with Gasteiger partial charge >= 0.3 is 0 Å². The zero-order chi connectivity index (χ0) is 14.7. The summed E-state index contributed by atoms with van der Waals surface area (Å²) in [5, 5.41) is 0. The van der Waals surface area contributed by atoms with Crippen LogP contribution in [0.1, 0.15) is 19.8 Å². The third kappa shape index (κ3) is 3.21. The van der Waals surface area contributed by atoms with Gasteiger partial charge in [-0.25, -0.2) is 4.99 Å². The minimum absolute atomic E-state index is 0.543. The Morgan fingerprint density at radius 3 is 2.67 bits per heavy atom. The van der Waals surface area contributed by atoms with E-state index in [1.165, 1.54) is 24.4 Å². The van der Waals surface area contributed by atoms with Crippen molar-refractivity contribution in [3.05, 3.63) is 24.3 Å². The van der Waals surface area contributed by atoms with Crippen LogP contribution in [0.3, 0.4) is 0 Å². The molecule has 4 nitrogen and oxygen atoms in total. The smallest absolute Gasteiger partial charge is 0.107 e. The SMILES string of the molecule is CC1CCCN(C)/C1=N/c1ccccc1N1CCOCC1. The van der Waals surface area contributed by atoms with E-state index in [-0.39, 0.29) is 0 Å². The summed E-state index contributed by atoms with van der Waals surface area (Å²) in [4.78, 5) is 9.71. The van der Waals surface area contributed by atoms with E-state index in [9.17, 15) is 0 Å². The molecule has 0 aromatic heterocycles. The Morgan fingerprint density at radius 1 is 1.14 bits per heavy atom. The summed E-state index contributed by atoms with van der Waals surface area (Å²) in [6.45, 7) is 6.91. The standard InChI is InChI=1S/C17H25N3O/c1-14-6-5-9-19(2)17(14)18-15-7-3-4-8-16(15)20-10-12-21-13-11-20/h3-4,7-8,14H,5-6,9-13H2,1-2H3/b18-17+. The molecule has 0 saturated carbocycles. The highest BCUT2D eigenvalue weighted by Gasteiger charge is 2.21. The minimum Gasteiger partial charge on any atom is -0.378 e. The number of para-hydroxylation sites is 2. The molecule has 1 unspecified atom stereocenters. The van der Waals surface area contributed by atoms with Gasteiger partial charge in [-0.3, -0.25) is 0 Å². The van der Waals surface area contributed by atoms with Crippen molar-refractivity contribution in [3.8, 4) is 0 Å². The second-order valence-electron chi connectivity index (χ2n) is 6.02. The topological polar surface area (TPSA) is 28.1 Å². The first-order chi connectivity index (χ1) is 10.3. The van der Waals surface area contributed by atoms with Gasteiger partial charge in [-0.1, -0.05) is 19.1 Å². The van der Waals surface area contributed by atoms with E-state index in [4.69, 9.17) is 9.73 Å². The van der Waals surface area contributed by atoms with E-state index in [2.05, 4.69) is 48.0 Å². The molecule has 0 bridgehead atoms. The number of morpholine rings is 1. The van der Waals surface area contributed by atoms with Gasteiger partial charge in [0.15, 0.2) is 0 Å². The van der Waals surface area contributed by atoms with Gasteiger partial charge < -0.3 is 14.5 Å². The number of rotatable bonds is 2. The van der Waals surface area contributed by atoms with Gasteiger partial charge in [0.25, 0.3) is 0 Å². The molecule has 0 spiro atoms. The summed E-state index contributed by atoms with van der Waals surface area (Å²) in [6.07, 6.45) is 2.50. The lowest BCUT2D eigenvalue weighted by Gasteiger charge is -2.33. The first-order valence-corrected chi connectivity index (χ1v) is 7.97. The molecule has 1 aromatic rings. The van der Waals surface area contributed by atoms with Crippen LogP contribution >= 0.6 is 0 Å². The molecule has 1 atom stereocenters. The Balaban J connectivity index is 1.91. The number of benzene rings is 1. The third-order valence-electron chi connectivity index (χ3n) is 4.43. The van der Waals surface area contributed by atoms with Crippen LogP contribution in [0.5, 0.6) is 0 Å². The van der Waals surface area contributed by atoms with Gasteiger partial charge in [0.1, 0.15) is 5.84 Å². The summed E-state index contributed by atoms with van der Waals surface area (Å²) in [5.41, 5.74) is 2.33. The lowest BCUT2D eigenvalue weighted by molar-refractivity contribution is 0.123. The second-order valence-corrected chi connectivity index (χ2v) is 6.02. The largest absolute Gasteiger partial charge is 0.378 e. The van der Waals surface area contributed by atoms with Crippen LogP contribution in [-0.2, 0) is 4.74 Å². The summed E-state index contributed by atoms with van der Waals surface area (Å²) >= 11 is 0. The zero-order valence-corrected chi connectivity index (χ0v) is 13.1.